The van der Waals surface area contributed by atoms with Crippen molar-refractivity contribution in [1.82, 2.24) is 5.32 Å². The molecule has 3 heteroatoms. The van der Waals surface area contributed by atoms with Crippen LogP contribution in [0, 0.1) is 0 Å². The van der Waals surface area contributed by atoms with Crippen LogP contribution in [-0.2, 0) is 0 Å². The molecule has 1 fully saturated rings. The van der Waals surface area contributed by atoms with Crippen LogP contribution in [0.1, 0.15) is 31.9 Å². The third kappa shape index (κ3) is 2.69. The predicted octanol–water partition coefficient (Wildman–Crippen LogP) is 2.99. The fourth-order valence-corrected chi connectivity index (χ4v) is 2.08. The lowest BCUT2D eigenvalue weighted by Crippen LogP contribution is -2.34. The molecule has 1 N–H and O–H groups in total. The SMILES string of the molecule is CCN(CC)c1ccc([C@@H]2CCN2)cc1.Cl. The Hall–Kier alpha value is -0.730. The first-order valence-corrected chi connectivity index (χ1v) is 5.93. The summed E-state index contributed by atoms with van der Waals surface area (Å²) >= 11 is 0. The maximum atomic E-state index is 3.42. The second-order valence-electron chi connectivity index (χ2n) is 4.06. The van der Waals surface area contributed by atoms with Gasteiger partial charge in [-0.2, -0.15) is 0 Å². The average Bonchev–Trinajstić information content (AvgIpc) is 2.20. The first-order chi connectivity index (χ1) is 7.35. The molecule has 1 aliphatic rings. The van der Waals surface area contributed by atoms with E-state index >= 15 is 0 Å². The van der Waals surface area contributed by atoms with E-state index in [0.29, 0.717) is 6.04 Å². The lowest BCUT2D eigenvalue weighted by atomic mass is 9.98. The standard InChI is InChI=1S/C13H20N2.ClH/c1-3-15(4-2)12-7-5-11(6-8-12)13-9-10-14-13;/h5-8,13-14H,3-4,9-10H2,1-2H3;1H/t13-;/m0./s1. The Morgan fingerprint density at radius 1 is 1.19 bits per heavy atom. The van der Waals surface area contributed by atoms with Crippen LogP contribution in [0.25, 0.3) is 0 Å². The minimum absolute atomic E-state index is 0. The monoisotopic (exact) mass is 240 g/mol. The zero-order valence-corrected chi connectivity index (χ0v) is 10.9. The molecule has 0 aromatic heterocycles. The summed E-state index contributed by atoms with van der Waals surface area (Å²) in [6.07, 6.45) is 1.28. The summed E-state index contributed by atoms with van der Waals surface area (Å²) in [6.45, 7) is 7.73. The molecule has 0 spiro atoms. The van der Waals surface area contributed by atoms with Gasteiger partial charge < -0.3 is 10.2 Å². The van der Waals surface area contributed by atoms with E-state index in [-0.39, 0.29) is 12.4 Å². The molecule has 1 aromatic carbocycles. The first kappa shape index (κ1) is 13.3. The van der Waals surface area contributed by atoms with Crippen LogP contribution >= 0.6 is 12.4 Å². The fraction of sp³-hybridized carbons (Fsp3) is 0.538. The van der Waals surface area contributed by atoms with Crippen molar-refractivity contribution >= 4 is 18.1 Å². The lowest BCUT2D eigenvalue weighted by Gasteiger charge is -2.29. The van der Waals surface area contributed by atoms with Crippen molar-refractivity contribution in [3.8, 4) is 0 Å². The number of rotatable bonds is 4. The molecule has 1 atom stereocenters. The van der Waals surface area contributed by atoms with Gasteiger partial charge in [0, 0.05) is 24.8 Å². The van der Waals surface area contributed by atoms with E-state index < -0.39 is 0 Å². The largest absolute Gasteiger partial charge is 0.372 e. The molecule has 1 aromatic rings. The molecular formula is C13H21ClN2. The zero-order valence-electron chi connectivity index (χ0n) is 10.1. The minimum Gasteiger partial charge on any atom is -0.372 e. The predicted molar refractivity (Wildman–Crippen MR) is 72.6 cm³/mol. The van der Waals surface area contributed by atoms with Gasteiger partial charge in [-0.15, -0.1) is 12.4 Å². The highest BCUT2D eigenvalue weighted by atomic mass is 35.5. The second-order valence-corrected chi connectivity index (χ2v) is 4.06. The Balaban J connectivity index is 0.00000128. The van der Waals surface area contributed by atoms with Gasteiger partial charge in [0.25, 0.3) is 0 Å². The Bertz CT molecular complexity index is 302. The van der Waals surface area contributed by atoms with Gasteiger partial charge in [0.2, 0.25) is 0 Å². The number of hydrogen-bond acceptors (Lipinski definition) is 2. The molecule has 16 heavy (non-hydrogen) atoms. The van der Waals surface area contributed by atoms with Crippen LogP contribution < -0.4 is 10.2 Å². The third-order valence-electron chi connectivity index (χ3n) is 3.25. The second kappa shape index (κ2) is 6.12. The molecule has 0 radical (unpaired) electrons. The zero-order chi connectivity index (χ0) is 10.7. The van der Waals surface area contributed by atoms with Crippen LogP contribution in [0.4, 0.5) is 5.69 Å². The lowest BCUT2D eigenvalue weighted by molar-refractivity contribution is 0.383. The number of hydrogen-bond donors (Lipinski definition) is 1. The van der Waals surface area contributed by atoms with Crippen LogP contribution in [0.15, 0.2) is 24.3 Å². The first-order valence-electron chi connectivity index (χ1n) is 5.93. The van der Waals surface area contributed by atoms with Gasteiger partial charge in [-0.05, 0) is 44.5 Å². The quantitative estimate of drug-likeness (QED) is 0.871. The maximum Gasteiger partial charge on any atom is 0.0366 e. The third-order valence-corrected chi connectivity index (χ3v) is 3.25. The molecule has 0 unspecified atom stereocenters. The molecule has 1 heterocycles. The van der Waals surface area contributed by atoms with Crippen LogP contribution in [0.5, 0.6) is 0 Å². The molecule has 0 bridgehead atoms. The van der Waals surface area contributed by atoms with Gasteiger partial charge in [0.05, 0.1) is 0 Å². The van der Waals surface area contributed by atoms with Crippen LogP contribution in [-0.4, -0.2) is 19.6 Å². The van der Waals surface area contributed by atoms with Gasteiger partial charge in [-0.3, -0.25) is 0 Å². The van der Waals surface area contributed by atoms with Crippen molar-refractivity contribution in [3.05, 3.63) is 29.8 Å². The van der Waals surface area contributed by atoms with Gasteiger partial charge in [0.15, 0.2) is 0 Å². The summed E-state index contributed by atoms with van der Waals surface area (Å²) < 4.78 is 0. The summed E-state index contributed by atoms with van der Waals surface area (Å²) in [5.74, 6) is 0. The highest BCUT2D eigenvalue weighted by molar-refractivity contribution is 5.85. The van der Waals surface area contributed by atoms with E-state index in [4.69, 9.17) is 0 Å². The van der Waals surface area contributed by atoms with Crippen molar-refractivity contribution in [1.29, 1.82) is 0 Å². The van der Waals surface area contributed by atoms with E-state index in [1.54, 1.807) is 0 Å². The summed E-state index contributed by atoms with van der Waals surface area (Å²) in [4.78, 5) is 2.37. The van der Waals surface area contributed by atoms with Crippen molar-refractivity contribution in [2.45, 2.75) is 26.3 Å². The number of anilines is 1. The topological polar surface area (TPSA) is 15.3 Å². The molecule has 2 rings (SSSR count). The minimum atomic E-state index is 0. The van der Waals surface area contributed by atoms with E-state index in [9.17, 15) is 0 Å². The van der Waals surface area contributed by atoms with E-state index in [2.05, 4.69) is 48.3 Å². The molecule has 0 aliphatic carbocycles. The van der Waals surface area contributed by atoms with E-state index in [0.717, 1.165) is 13.1 Å². The van der Waals surface area contributed by atoms with Gasteiger partial charge in [-0.25, -0.2) is 0 Å². The normalized spacial score (nSPS) is 18.5. The molecule has 0 amide bonds. The average molecular weight is 241 g/mol. The van der Waals surface area contributed by atoms with Gasteiger partial charge in [0.1, 0.15) is 0 Å². The van der Waals surface area contributed by atoms with Crippen molar-refractivity contribution < 1.29 is 0 Å². The molecular weight excluding hydrogens is 220 g/mol. The smallest absolute Gasteiger partial charge is 0.0366 e. The summed E-state index contributed by atoms with van der Waals surface area (Å²) in [5, 5.41) is 3.42. The summed E-state index contributed by atoms with van der Waals surface area (Å²) in [7, 11) is 0. The highest BCUT2D eigenvalue weighted by Crippen LogP contribution is 2.24. The fourth-order valence-electron chi connectivity index (χ4n) is 2.08. The van der Waals surface area contributed by atoms with Crippen molar-refractivity contribution in [2.75, 3.05) is 24.5 Å². The summed E-state index contributed by atoms with van der Waals surface area (Å²) in [6, 6.07) is 9.59. The van der Waals surface area contributed by atoms with Crippen molar-refractivity contribution in [2.24, 2.45) is 0 Å². The Morgan fingerprint density at radius 3 is 2.12 bits per heavy atom. The Morgan fingerprint density at radius 2 is 1.75 bits per heavy atom. The highest BCUT2D eigenvalue weighted by Gasteiger charge is 2.17. The molecule has 1 aliphatic heterocycles. The number of halogens is 1. The van der Waals surface area contributed by atoms with Gasteiger partial charge >= 0.3 is 0 Å². The molecule has 1 saturated heterocycles. The number of nitrogens with zero attached hydrogens (tertiary/aromatic N) is 1. The van der Waals surface area contributed by atoms with Crippen molar-refractivity contribution in [3.63, 3.8) is 0 Å². The summed E-state index contributed by atoms with van der Waals surface area (Å²) in [5.41, 5.74) is 2.76. The molecule has 2 nitrogen and oxygen atoms in total. The molecule has 90 valence electrons. The van der Waals surface area contributed by atoms with Crippen LogP contribution in [0.2, 0.25) is 0 Å². The Kier molecular flexibility index (Phi) is 5.10. The maximum absolute atomic E-state index is 3.42. The van der Waals surface area contributed by atoms with E-state index in [1.807, 2.05) is 0 Å². The Labute approximate surface area is 104 Å². The number of nitrogens with one attached hydrogen (secondary N) is 1. The number of benzene rings is 1. The molecule has 0 saturated carbocycles. The van der Waals surface area contributed by atoms with Crippen LogP contribution in [0.3, 0.4) is 0 Å². The van der Waals surface area contributed by atoms with E-state index in [1.165, 1.54) is 24.2 Å². The van der Waals surface area contributed by atoms with Gasteiger partial charge in [-0.1, -0.05) is 12.1 Å².